The third-order valence-electron chi connectivity index (χ3n) is 6.48. The molecule has 2 aliphatic carbocycles. The third kappa shape index (κ3) is 2.77. The zero-order valence-corrected chi connectivity index (χ0v) is 17.5. The summed E-state index contributed by atoms with van der Waals surface area (Å²) in [7, 11) is 0. The molecule has 2 aromatic carbocycles. The Hall–Kier alpha value is -1.94. The van der Waals surface area contributed by atoms with E-state index >= 15 is 0 Å². The Balaban J connectivity index is 1.92. The van der Waals surface area contributed by atoms with Gasteiger partial charge in [0, 0.05) is 9.89 Å². The lowest BCUT2D eigenvalue weighted by atomic mass is 9.63. The zero-order valence-electron chi connectivity index (χ0n) is 15.9. The molecule has 0 radical (unpaired) electrons. The highest BCUT2D eigenvalue weighted by molar-refractivity contribution is 9.10. The molecule has 27 heavy (non-hydrogen) atoms. The molecule has 0 fully saturated rings. The number of hydrogen-bond donors (Lipinski definition) is 1. The van der Waals surface area contributed by atoms with Crippen molar-refractivity contribution in [2.75, 3.05) is 0 Å². The molecule has 2 aliphatic rings. The van der Waals surface area contributed by atoms with E-state index in [9.17, 15) is 4.79 Å². The maximum Gasteiger partial charge on any atom is 0.162 e. The summed E-state index contributed by atoms with van der Waals surface area (Å²) in [6.07, 6.45) is 4.69. The number of nitrogens with zero attached hydrogens (tertiary/aromatic N) is 1. The number of ketones is 1. The van der Waals surface area contributed by atoms with E-state index in [1.54, 1.807) is 13.8 Å². The topological polar surface area (TPSA) is 55.5 Å². The van der Waals surface area contributed by atoms with Crippen LogP contribution in [0, 0.1) is 5.41 Å². The molecule has 1 atom stereocenters. The third-order valence-corrected chi connectivity index (χ3v) is 6.97. The smallest absolute Gasteiger partial charge is 0.162 e. The van der Waals surface area contributed by atoms with Crippen molar-refractivity contribution in [1.29, 1.82) is 0 Å². The first-order valence-corrected chi connectivity index (χ1v) is 10.4. The van der Waals surface area contributed by atoms with Crippen LogP contribution in [0.25, 0.3) is 0 Å². The normalized spacial score (nSPS) is 23.6. The summed E-state index contributed by atoms with van der Waals surface area (Å²) in [6.45, 7) is 3.47. The molecular formula is C23H25BrN2O. The Kier molecular flexibility index (Phi) is 4.50. The van der Waals surface area contributed by atoms with Gasteiger partial charge in [0.15, 0.2) is 11.3 Å². The molecule has 0 aliphatic heterocycles. The molecule has 140 valence electrons. The molecule has 0 saturated carbocycles. The van der Waals surface area contributed by atoms with Crippen LogP contribution in [0.4, 0.5) is 0 Å². The van der Waals surface area contributed by atoms with Crippen molar-refractivity contribution >= 4 is 27.5 Å². The minimum Gasteiger partial charge on any atom is -0.388 e. The summed E-state index contributed by atoms with van der Waals surface area (Å²) in [5, 5.41) is 0. The average Bonchev–Trinajstić information content (AvgIpc) is 2.75. The molecule has 0 amide bonds. The van der Waals surface area contributed by atoms with Gasteiger partial charge < -0.3 is 5.73 Å². The predicted molar refractivity (Wildman–Crippen MR) is 113 cm³/mol. The number of Topliss-reactive ketones (excluding diaryl/α,β-unsaturated/α-hetero) is 1. The lowest BCUT2D eigenvalue weighted by molar-refractivity contribution is -0.127. The molecule has 0 saturated heterocycles. The van der Waals surface area contributed by atoms with Crippen LogP contribution in [0.15, 0.2) is 51.9 Å². The number of benzene rings is 2. The van der Waals surface area contributed by atoms with Gasteiger partial charge in [-0.3, -0.25) is 9.79 Å². The SMILES string of the molecule is CC(=O)C1(N=C(C)N)c2cc(Br)ccc2CC12CCc1ccccc1CC2. The number of rotatable bonds is 2. The van der Waals surface area contributed by atoms with E-state index in [1.165, 1.54) is 16.7 Å². The quantitative estimate of drug-likeness (QED) is 0.559. The van der Waals surface area contributed by atoms with E-state index in [1.807, 2.05) is 0 Å². The number of nitrogens with two attached hydrogens (primary N) is 1. The summed E-state index contributed by atoms with van der Waals surface area (Å²) in [6, 6.07) is 14.9. The second-order valence-electron chi connectivity index (χ2n) is 8.05. The first kappa shape index (κ1) is 18.4. The first-order valence-electron chi connectivity index (χ1n) is 9.57. The Bertz CT molecular complexity index is 918. The highest BCUT2D eigenvalue weighted by Crippen LogP contribution is 2.59. The van der Waals surface area contributed by atoms with Crippen LogP contribution in [0.5, 0.6) is 0 Å². The van der Waals surface area contributed by atoms with Crippen molar-refractivity contribution < 1.29 is 4.79 Å². The van der Waals surface area contributed by atoms with Crippen LogP contribution in [0.3, 0.4) is 0 Å². The number of amidine groups is 1. The van der Waals surface area contributed by atoms with E-state index in [-0.39, 0.29) is 11.2 Å². The van der Waals surface area contributed by atoms with Crippen molar-refractivity contribution in [3.05, 3.63) is 69.2 Å². The molecule has 2 aromatic rings. The van der Waals surface area contributed by atoms with Gasteiger partial charge in [0.25, 0.3) is 0 Å². The molecule has 0 heterocycles. The number of carbonyl (C=O) groups is 1. The molecule has 1 unspecified atom stereocenters. The Morgan fingerprint density at radius 2 is 1.67 bits per heavy atom. The summed E-state index contributed by atoms with van der Waals surface area (Å²) in [4.78, 5) is 18.2. The summed E-state index contributed by atoms with van der Waals surface area (Å²) < 4.78 is 0.978. The lowest BCUT2D eigenvalue weighted by Gasteiger charge is -2.42. The molecule has 0 bridgehead atoms. The number of hydrogen-bond acceptors (Lipinski definition) is 2. The second kappa shape index (κ2) is 6.59. The van der Waals surface area contributed by atoms with Gasteiger partial charge in [0.1, 0.15) is 0 Å². The van der Waals surface area contributed by atoms with Crippen molar-refractivity contribution in [1.82, 2.24) is 0 Å². The molecule has 3 nitrogen and oxygen atoms in total. The minimum atomic E-state index is -0.896. The largest absolute Gasteiger partial charge is 0.388 e. The van der Waals surface area contributed by atoms with Gasteiger partial charge in [-0.2, -0.15) is 0 Å². The lowest BCUT2D eigenvalue weighted by Crippen LogP contribution is -2.48. The Morgan fingerprint density at radius 3 is 2.22 bits per heavy atom. The fourth-order valence-corrected chi connectivity index (χ4v) is 5.72. The van der Waals surface area contributed by atoms with Crippen LogP contribution < -0.4 is 5.73 Å². The maximum atomic E-state index is 13.3. The monoisotopic (exact) mass is 424 g/mol. The second-order valence-corrected chi connectivity index (χ2v) is 8.96. The van der Waals surface area contributed by atoms with Gasteiger partial charge in [-0.1, -0.05) is 46.3 Å². The van der Waals surface area contributed by atoms with Gasteiger partial charge >= 0.3 is 0 Å². The molecule has 4 rings (SSSR count). The number of carbonyl (C=O) groups excluding carboxylic acids is 1. The first-order chi connectivity index (χ1) is 12.9. The Morgan fingerprint density at radius 1 is 1.04 bits per heavy atom. The molecular weight excluding hydrogens is 400 g/mol. The van der Waals surface area contributed by atoms with Crippen LogP contribution >= 0.6 is 15.9 Å². The van der Waals surface area contributed by atoms with Gasteiger partial charge in [-0.15, -0.1) is 0 Å². The van der Waals surface area contributed by atoms with Crippen molar-refractivity contribution in [3.8, 4) is 0 Å². The fraction of sp³-hybridized carbons (Fsp3) is 0.391. The maximum absolute atomic E-state index is 13.3. The number of halogens is 1. The zero-order chi connectivity index (χ0) is 19.2. The minimum absolute atomic E-state index is 0.0927. The molecule has 0 aromatic heterocycles. The van der Waals surface area contributed by atoms with Crippen LogP contribution in [-0.4, -0.2) is 11.6 Å². The van der Waals surface area contributed by atoms with Gasteiger partial charge in [-0.05, 0) is 80.3 Å². The highest BCUT2D eigenvalue weighted by Gasteiger charge is 2.60. The highest BCUT2D eigenvalue weighted by atomic mass is 79.9. The van der Waals surface area contributed by atoms with E-state index in [4.69, 9.17) is 10.7 Å². The molecule has 1 spiro atoms. The summed E-state index contributed by atoms with van der Waals surface area (Å²) in [5.74, 6) is 0.564. The Labute approximate surface area is 169 Å². The molecule has 4 heteroatoms. The van der Waals surface area contributed by atoms with Gasteiger partial charge in [0.05, 0.1) is 5.84 Å². The van der Waals surface area contributed by atoms with Crippen molar-refractivity contribution in [3.63, 3.8) is 0 Å². The summed E-state index contributed by atoms with van der Waals surface area (Å²) >= 11 is 3.59. The van der Waals surface area contributed by atoms with E-state index in [2.05, 4.69) is 58.4 Å². The number of aryl methyl sites for hydroxylation is 2. The van der Waals surface area contributed by atoms with Crippen molar-refractivity contribution in [2.45, 2.75) is 51.5 Å². The van der Waals surface area contributed by atoms with Crippen LogP contribution in [0.2, 0.25) is 0 Å². The van der Waals surface area contributed by atoms with E-state index in [0.717, 1.165) is 42.1 Å². The number of fused-ring (bicyclic) bond motifs is 2. The van der Waals surface area contributed by atoms with E-state index < -0.39 is 5.54 Å². The standard InChI is InChI=1S/C23H25BrN2O/c1-15(27)23(26-16(2)25)21-13-20(24)8-7-19(21)14-22(23)11-9-17-5-3-4-6-18(17)10-12-22/h3-8,13H,9-12,14H2,1-2H3,(H2,25,26). The number of aliphatic imine (C=N–C) groups is 1. The average molecular weight is 425 g/mol. The van der Waals surface area contributed by atoms with Crippen LogP contribution in [-0.2, 0) is 29.6 Å². The van der Waals surface area contributed by atoms with Gasteiger partial charge in [-0.25, -0.2) is 0 Å². The molecule has 2 N–H and O–H groups in total. The predicted octanol–water partition coefficient (Wildman–Crippen LogP) is 4.73. The van der Waals surface area contributed by atoms with Gasteiger partial charge in [0.2, 0.25) is 0 Å². The van der Waals surface area contributed by atoms with Crippen molar-refractivity contribution in [2.24, 2.45) is 16.1 Å². The summed E-state index contributed by atoms with van der Waals surface area (Å²) in [5.41, 5.74) is 10.0. The fourth-order valence-electron chi connectivity index (χ4n) is 5.36. The van der Waals surface area contributed by atoms with E-state index in [0.29, 0.717) is 5.84 Å². The van der Waals surface area contributed by atoms with Crippen LogP contribution in [0.1, 0.15) is 48.9 Å².